The van der Waals surface area contributed by atoms with E-state index in [1.165, 1.54) is 0 Å². The van der Waals surface area contributed by atoms with Gasteiger partial charge in [-0.3, -0.25) is 4.79 Å². The van der Waals surface area contributed by atoms with Gasteiger partial charge in [0.1, 0.15) is 0 Å². The van der Waals surface area contributed by atoms with E-state index in [0.29, 0.717) is 36.0 Å². The van der Waals surface area contributed by atoms with E-state index < -0.39 is 0 Å². The molecule has 20 heavy (non-hydrogen) atoms. The zero-order valence-electron chi connectivity index (χ0n) is 12.3. The summed E-state index contributed by atoms with van der Waals surface area (Å²) in [5.41, 5.74) is 0.904. The zero-order valence-corrected chi connectivity index (χ0v) is 13.1. The Balaban J connectivity index is 2.59. The third-order valence-corrected chi connectivity index (χ3v) is 3.31. The van der Waals surface area contributed by atoms with E-state index in [1.54, 1.807) is 33.2 Å². The molecule has 0 spiro atoms. The number of nitrogens with one attached hydrogen (secondary N) is 1. The average Bonchev–Trinajstić information content (AvgIpc) is 2.43. The van der Waals surface area contributed by atoms with E-state index in [1.807, 2.05) is 12.1 Å². The fraction of sp³-hybridized carbons (Fsp3) is 0.500. The SMILES string of the molecule is COc1ccc(CNCCC(=O)N(C)C)c(Cl)c1OC. The maximum Gasteiger partial charge on any atom is 0.223 e. The summed E-state index contributed by atoms with van der Waals surface area (Å²) in [6.07, 6.45) is 0.456. The van der Waals surface area contributed by atoms with Crippen LogP contribution in [0.3, 0.4) is 0 Å². The Labute approximate surface area is 124 Å². The van der Waals surface area contributed by atoms with Gasteiger partial charge < -0.3 is 19.7 Å². The van der Waals surface area contributed by atoms with E-state index in [2.05, 4.69) is 5.32 Å². The number of carbonyl (C=O) groups is 1. The molecule has 0 unspecified atom stereocenters. The van der Waals surface area contributed by atoms with E-state index in [-0.39, 0.29) is 5.91 Å². The lowest BCUT2D eigenvalue weighted by atomic mass is 10.2. The fourth-order valence-electron chi connectivity index (χ4n) is 1.71. The van der Waals surface area contributed by atoms with E-state index in [4.69, 9.17) is 21.1 Å². The van der Waals surface area contributed by atoms with Crippen LogP contribution in [-0.2, 0) is 11.3 Å². The maximum absolute atomic E-state index is 11.4. The van der Waals surface area contributed by atoms with Crippen molar-refractivity contribution in [1.82, 2.24) is 10.2 Å². The predicted octanol–water partition coefficient (Wildman–Crippen LogP) is 1.93. The van der Waals surface area contributed by atoms with Gasteiger partial charge in [-0.2, -0.15) is 0 Å². The summed E-state index contributed by atoms with van der Waals surface area (Å²) in [7, 11) is 6.61. The number of carbonyl (C=O) groups excluding carboxylic acids is 1. The highest BCUT2D eigenvalue weighted by atomic mass is 35.5. The van der Waals surface area contributed by atoms with Crippen LogP contribution in [0.25, 0.3) is 0 Å². The summed E-state index contributed by atoms with van der Waals surface area (Å²) >= 11 is 6.26. The van der Waals surface area contributed by atoms with Gasteiger partial charge in [0.15, 0.2) is 11.5 Å². The van der Waals surface area contributed by atoms with E-state index in [0.717, 1.165) is 5.56 Å². The lowest BCUT2D eigenvalue weighted by molar-refractivity contribution is -0.128. The first-order valence-electron chi connectivity index (χ1n) is 6.31. The predicted molar refractivity (Wildman–Crippen MR) is 79.6 cm³/mol. The Hall–Kier alpha value is -1.46. The number of amides is 1. The van der Waals surface area contributed by atoms with Gasteiger partial charge in [-0.05, 0) is 11.6 Å². The topological polar surface area (TPSA) is 50.8 Å². The molecule has 112 valence electrons. The van der Waals surface area contributed by atoms with Crippen molar-refractivity contribution in [2.75, 3.05) is 34.9 Å². The fourth-order valence-corrected chi connectivity index (χ4v) is 2.01. The lowest BCUT2D eigenvalue weighted by Gasteiger charge is -2.14. The van der Waals surface area contributed by atoms with E-state index >= 15 is 0 Å². The summed E-state index contributed by atoms with van der Waals surface area (Å²) < 4.78 is 10.4. The smallest absolute Gasteiger partial charge is 0.223 e. The average molecular weight is 301 g/mol. The van der Waals surface area contributed by atoms with Gasteiger partial charge in [-0.1, -0.05) is 17.7 Å². The van der Waals surface area contributed by atoms with Crippen LogP contribution < -0.4 is 14.8 Å². The molecule has 1 amide bonds. The highest BCUT2D eigenvalue weighted by Gasteiger charge is 2.12. The molecule has 0 heterocycles. The van der Waals surface area contributed by atoms with Crippen LogP contribution in [0.15, 0.2) is 12.1 Å². The van der Waals surface area contributed by atoms with Crippen molar-refractivity contribution >= 4 is 17.5 Å². The van der Waals surface area contributed by atoms with Crippen LogP contribution >= 0.6 is 11.6 Å². The second-order valence-corrected chi connectivity index (χ2v) is 4.87. The standard InChI is InChI=1S/C14H21ClN2O3/c1-17(2)12(18)7-8-16-9-10-5-6-11(19-3)14(20-4)13(10)15/h5-6,16H,7-9H2,1-4H3. The normalized spacial score (nSPS) is 10.2. The molecule has 5 nitrogen and oxygen atoms in total. The summed E-state index contributed by atoms with van der Waals surface area (Å²) in [5, 5.41) is 3.71. The van der Waals surface area contributed by atoms with E-state index in [9.17, 15) is 4.79 Å². The molecular formula is C14H21ClN2O3. The van der Waals surface area contributed by atoms with Gasteiger partial charge in [0.25, 0.3) is 0 Å². The Kier molecular flexibility index (Phi) is 6.61. The molecule has 0 saturated carbocycles. The number of ether oxygens (including phenoxy) is 2. The number of hydrogen-bond donors (Lipinski definition) is 1. The molecule has 0 radical (unpaired) electrons. The molecule has 0 atom stereocenters. The van der Waals surface area contributed by atoms with Crippen molar-refractivity contribution in [1.29, 1.82) is 0 Å². The minimum absolute atomic E-state index is 0.0934. The Bertz CT molecular complexity index is 464. The summed E-state index contributed by atoms with van der Waals surface area (Å²) in [6.45, 7) is 1.17. The molecule has 0 aliphatic heterocycles. The van der Waals surface area contributed by atoms with Crippen LogP contribution in [-0.4, -0.2) is 45.7 Å². The highest BCUT2D eigenvalue weighted by molar-refractivity contribution is 6.33. The highest BCUT2D eigenvalue weighted by Crippen LogP contribution is 2.37. The van der Waals surface area contributed by atoms with Crippen molar-refractivity contribution in [3.63, 3.8) is 0 Å². The number of rotatable bonds is 7. The Morgan fingerprint density at radius 1 is 1.30 bits per heavy atom. The Morgan fingerprint density at radius 2 is 2.00 bits per heavy atom. The molecule has 0 saturated heterocycles. The van der Waals surface area contributed by atoms with Gasteiger partial charge in [0.2, 0.25) is 5.91 Å². The number of hydrogen-bond acceptors (Lipinski definition) is 4. The van der Waals surface area contributed by atoms with Crippen LogP contribution in [0.5, 0.6) is 11.5 Å². The monoisotopic (exact) mass is 300 g/mol. The molecule has 0 aromatic heterocycles. The zero-order chi connectivity index (χ0) is 15.1. The van der Waals surface area contributed by atoms with Crippen LogP contribution in [0.2, 0.25) is 5.02 Å². The number of benzene rings is 1. The first-order chi connectivity index (χ1) is 9.51. The van der Waals surface area contributed by atoms with Crippen molar-refractivity contribution in [3.05, 3.63) is 22.7 Å². The van der Waals surface area contributed by atoms with Gasteiger partial charge in [-0.15, -0.1) is 0 Å². The lowest BCUT2D eigenvalue weighted by Crippen LogP contribution is -2.26. The number of nitrogens with zero attached hydrogens (tertiary/aromatic N) is 1. The molecule has 0 aliphatic carbocycles. The number of halogens is 1. The quantitative estimate of drug-likeness (QED) is 0.782. The van der Waals surface area contributed by atoms with Crippen LogP contribution in [0, 0.1) is 0 Å². The number of methoxy groups -OCH3 is 2. The van der Waals surface area contributed by atoms with Gasteiger partial charge in [-0.25, -0.2) is 0 Å². The third-order valence-electron chi connectivity index (χ3n) is 2.89. The van der Waals surface area contributed by atoms with Crippen molar-refractivity contribution in [2.45, 2.75) is 13.0 Å². The van der Waals surface area contributed by atoms with Crippen molar-refractivity contribution in [2.24, 2.45) is 0 Å². The summed E-state index contributed by atoms with van der Waals surface area (Å²) in [4.78, 5) is 13.0. The minimum atomic E-state index is 0.0934. The molecule has 0 fully saturated rings. The first kappa shape index (κ1) is 16.6. The van der Waals surface area contributed by atoms with Gasteiger partial charge in [0, 0.05) is 33.6 Å². The summed E-state index contributed by atoms with van der Waals surface area (Å²) in [5.74, 6) is 1.22. The second kappa shape index (κ2) is 7.97. The molecule has 6 heteroatoms. The molecule has 1 aromatic rings. The second-order valence-electron chi connectivity index (χ2n) is 4.49. The van der Waals surface area contributed by atoms with Crippen LogP contribution in [0.4, 0.5) is 0 Å². The van der Waals surface area contributed by atoms with Gasteiger partial charge in [0.05, 0.1) is 19.2 Å². The Morgan fingerprint density at radius 3 is 2.55 bits per heavy atom. The van der Waals surface area contributed by atoms with Crippen LogP contribution in [0.1, 0.15) is 12.0 Å². The minimum Gasteiger partial charge on any atom is -0.493 e. The largest absolute Gasteiger partial charge is 0.493 e. The summed E-state index contributed by atoms with van der Waals surface area (Å²) in [6, 6.07) is 3.69. The van der Waals surface area contributed by atoms with Crippen molar-refractivity contribution < 1.29 is 14.3 Å². The molecular weight excluding hydrogens is 280 g/mol. The van der Waals surface area contributed by atoms with Gasteiger partial charge >= 0.3 is 0 Å². The molecule has 1 rings (SSSR count). The first-order valence-corrected chi connectivity index (χ1v) is 6.69. The molecule has 0 aliphatic rings. The maximum atomic E-state index is 11.4. The van der Waals surface area contributed by atoms with Crippen molar-refractivity contribution in [3.8, 4) is 11.5 Å². The molecule has 1 aromatic carbocycles. The third kappa shape index (κ3) is 4.28. The molecule has 0 bridgehead atoms. The molecule has 1 N–H and O–H groups in total.